The Balaban J connectivity index is 2.21. The van der Waals surface area contributed by atoms with E-state index in [4.69, 9.17) is 0 Å². The molecule has 0 amide bonds. The summed E-state index contributed by atoms with van der Waals surface area (Å²) in [5.41, 5.74) is -1.17. The van der Waals surface area contributed by atoms with E-state index in [0.29, 0.717) is 6.54 Å². The van der Waals surface area contributed by atoms with Gasteiger partial charge in [0.2, 0.25) is 10.0 Å². The lowest BCUT2D eigenvalue weighted by Gasteiger charge is -2.26. The maximum atomic E-state index is 12.5. The van der Waals surface area contributed by atoms with Crippen LogP contribution in [0, 0.1) is 10.1 Å². The summed E-state index contributed by atoms with van der Waals surface area (Å²) in [4.78, 5) is 23.9. The minimum atomic E-state index is -4.08. The third kappa shape index (κ3) is 4.74. The number of sulfonamides is 1. The van der Waals surface area contributed by atoms with Gasteiger partial charge in [-0.25, -0.2) is 17.9 Å². The van der Waals surface area contributed by atoms with Crippen molar-refractivity contribution < 1.29 is 22.9 Å². The van der Waals surface area contributed by atoms with Crippen molar-refractivity contribution in [3.63, 3.8) is 0 Å². The number of nitrogens with one attached hydrogen (secondary N) is 1. The van der Waals surface area contributed by atoms with Crippen LogP contribution in [0.4, 0.5) is 5.69 Å². The molecule has 2 rings (SSSR count). The highest BCUT2D eigenvalue weighted by Crippen LogP contribution is 2.26. The maximum Gasteiger partial charge on any atom is 0.346 e. The van der Waals surface area contributed by atoms with Crippen LogP contribution >= 0.6 is 0 Å². The van der Waals surface area contributed by atoms with Gasteiger partial charge in [0, 0.05) is 19.2 Å². The van der Waals surface area contributed by atoms with Crippen molar-refractivity contribution in [2.75, 3.05) is 33.3 Å². The van der Waals surface area contributed by atoms with Gasteiger partial charge in [-0.2, -0.15) is 0 Å². The van der Waals surface area contributed by atoms with E-state index in [1.54, 1.807) is 0 Å². The normalized spacial score (nSPS) is 15.7. The Morgan fingerprint density at radius 2 is 2.00 bits per heavy atom. The smallest absolute Gasteiger partial charge is 0.346 e. The number of benzene rings is 1. The Kier molecular flexibility index (Phi) is 6.45. The van der Waals surface area contributed by atoms with Gasteiger partial charge in [-0.1, -0.05) is 12.5 Å². The van der Waals surface area contributed by atoms with E-state index < -0.39 is 37.1 Å². The van der Waals surface area contributed by atoms with Crippen LogP contribution in [0.2, 0.25) is 0 Å². The average Bonchev–Trinajstić information content (AvgIpc) is 2.61. The second-order valence-electron chi connectivity index (χ2n) is 5.70. The first-order valence-corrected chi connectivity index (χ1v) is 9.43. The number of esters is 1. The Labute approximate surface area is 146 Å². The molecule has 1 heterocycles. The number of likely N-dealkylation sites (tertiary alicyclic amines) is 1. The SMILES string of the molecule is COC(=O)c1c([N+](=O)[O-])cccc1S(=O)(=O)NCCN1CCCCC1. The standard InChI is InChI=1S/C15H21N3O6S/c1-24-15(19)14-12(18(20)21)6-5-7-13(14)25(22,23)16-8-11-17-9-3-2-4-10-17/h5-7,16H,2-4,8-11H2,1H3. The summed E-state index contributed by atoms with van der Waals surface area (Å²) in [6.45, 7) is 2.55. The molecular formula is C15H21N3O6S. The number of rotatable bonds is 7. The van der Waals surface area contributed by atoms with E-state index in [1.807, 2.05) is 0 Å². The van der Waals surface area contributed by atoms with Gasteiger partial charge in [-0.15, -0.1) is 0 Å². The van der Waals surface area contributed by atoms with Crippen molar-refractivity contribution in [2.24, 2.45) is 0 Å². The monoisotopic (exact) mass is 371 g/mol. The van der Waals surface area contributed by atoms with E-state index in [9.17, 15) is 23.3 Å². The van der Waals surface area contributed by atoms with Crippen LogP contribution in [-0.2, 0) is 14.8 Å². The summed E-state index contributed by atoms with van der Waals surface area (Å²) in [5, 5.41) is 11.1. The number of hydrogen-bond acceptors (Lipinski definition) is 7. The topological polar surface area (TPSA) is 119 Å². The summed E-state index contributed by atoms with van der Waals surface area (Å²) >= 11 is 0. The van der Waals surface area contributed by atoms with Crippen LogP contribution in [0.25, 0.3) is 0 Å². The molecular weight excluding hydrogens is 350 g/mol. The summed E-state index contributed by atoms with van der Waals surface area (Å²) in [6.07, 6.45) is 3.35. The molecule has 10 heteroatoms. The molecule has 0 radical (unpaired) electrons. The summed E-state index contributed by atoms with van der Waals surface area (Å²) in [5.74, 6) is -1.07. The lowest BCUT2D eigenvalue weighted by atomic mass is 10.1. The molecule has 0 unspecified atom stereocenters. The number of methoxy groups -OCH3 is 1. The van der Waals surface area contributed by atoms with Crippen molar-refractivity contribution in [3.8, 4) is 0 Å². The van der Waals surface area contributed by atoms with E-state index in [2.05, 4.69) is 14.4 Å². The fourth-order valence-corrected chi connectivity index (χ4v) is 4.03. The lowest BCUT2D eigenvalue weighted by Crippen LogP contribution is -2.38. The first-order valence-electron chi connectivity index (χ1n) is 7.94. The molecule has 25 heavy (non-hydrogen) atoms. The van der Waals surface area contributed by atoms with Gasteiger partial charge in [-0.3, -0.25) is 10.1 Å². The zero-order chi connectivity index (χ0) is 18.4. The van der Waals surface area contributed by atoms with E-state index in [1.165, 1.54) is 12.5 Å². The van der Waals surface area contributed by atoms with E-state index in [-0.39, 0.29) is 6.54 Å². The third-order valence-electron chi connectivity index (χ3n) is 4.05. The molecule has 1 aliphatic heterocycles. The van der Waals surface area contributed by atoms with Crippen LogP contribution in [0.15, 0.2) is 23.1 Å². The molecule has 1 aromatic carbocycles. The average molecular weight is 371 g/mol. The molecule has 1 aliphatic rings. The summed E-state index contributed by atoms with van der Waals surface area (Å²) in [7, 11) is -3.04. The second kappa shape index (κ2) is 8.37. The maximum absolute atomic E-state index is 12.5. The minimum Gasteiger partial charge on any atom is -0.465 e. The number of ether oxygens (including phenoxy) is 1. The Bertz CT molecular complexity index is 744. The highest BCUT2D eigenvalue weighted by molar-refractivity contribution is 7.89. The van der Waals surface area contributed by atoms with E-state index in [0.717, 1.165) is 45.2 Å². The first kappa shape index (κ1) is 19.3. The number of carbonyl (C=O) groups is 1. The number of nitro benzene ring substituents is 1. The summed E-state index contributed by atoms with van der Waals surface area (Å²) in [6, 6.07) is 3.45. The highest BCUT2D eigenvalue weighted by atomic mass is 32.2. The largest absolute Gasteiger partial charge is 0.465 e. The van der Waals surface area contributed by atoms with Gasteiger partial charge >= 0.3 is 5.97 Å². The molecule has 0 bridgehead atoms. The van der Waals surface area contributed by atoms with Crippen LogP contribution in [-0.4, -0.2) is 57.5 Å². The predicted octanol–water partition coefficient (Wildman–Crippen LogP) is 1.15. The molecule has 0 aromatic heterocycles. The number of carbonyl (C=O) groups excluding carboxylic acids is 1. The molecule has 1 aromatic rings. The molecule has 0 spiro atoms. The highest BCUT2D eigenvalue weighted by Gasteiger charge is 2.31. The van der Waals surface area contributed by atoms with Crippen molar-refractivity contribution in [3.05, 3.63) is 33.9 Å². The van der Waals surface area contributed by atoms with Crippen LogP contribution in [0.1, 0.15) is 29.6 Å². The molecule has 138 valence electrons. The Hall–Kier alpha value is -2.04. The fraction of sp³-hybridized carbons (Fsp3) is 0.533. The van der Waals surface area contributed by atoms with Crippen molar-refractivity contribution in [1.29, 1.82) is 0 Å². The van der Waals surface area contributed by atoms with Crippen molar-refractivity contribution >= 4 is 21.7 Å². The predicted molar refractivity (Wildman–Crippen MR) is 89.9 cm³/mol. The zero-order valence-electron chi connectivity index (χ0n) is 13.9. The zero-order valence-corrected chi connectivity index (χ0v) is 14.8. The van der Waals surface area contributed by atoms with Crippen molar-refractivity contribution in [2.45, 2.75) is 24.2 Å². The van der Waals surface area contributed by atoms with Gasteiger partial charge in [0.1, 0.15) is 4.90 Å². The van der Waals surface area contributed by atoms with Gasteiger partial charge in [0.15, 0.2) is 5.56 Å². The molecule has 1 fully saturated rings. The Morgan fingerprint density at radius 1 is 1.32 bits per heavy atom. The molecule has 1 saturated heterocycles. The number of piperidine rings is 1. The quantitative estimate of drug-likeness (QED) is 0.434. The number of hydrogen-bond donors (Lipinski definition) is 1. The van der Waals surface area contributed by atoms with Crippen molar-refractivity contribution in [1.82, 2.24) is 9.62 Å². The molecule has 0 aliphatic carbocycles. The van der Waals surface area contributed by atoms with Gasteiger partial charge in [0.05, 0.1) is 12.0 Å². The van der Waals surface area contributed by atoms with Gasteiger partial charge in [-0.05, 0) is 32.0 Å². The van der Waals surface area contributed by atoms with Gasteiger partial charge in [0.25, 0.3) is 5.69 Å². The van der Waals surface area contributed by atoms with Gasteiger partial charge < -0.3 is 9.64 Å². The second-order valence-corrected chi connectivity index (χ2v) is 7.43. The molecule has 0 saturated carbocycles. The minimum absolute atomic E-state index is 0.158. The fourth-order valence-electron chi connectivity index (χ4n) is 2.80. The number of nitro groups is 1. The van der Waals surface area contributed by atoms with E-state index >= 15 is 0 Å². The lowest BCUT2D eigenvalue weighted by molar-refractivity contribution is -0.385. The number of nitrogens with zero attached hydrogens (tertiary/aromatic N) is 2. The van der Waals surface area contributed by atoms with Crippen LogP contribution in [0.3, 0.4) is 0 Å². The Morgan fingerprint density at radius 3 is 2.60 bits per heavy atom. The molecule has 1 N–H and O–H groups in total. The first-order chi connectivity index (χ1) is 11.9. The molecule has 0 atom stereocenters. The summed E-state index contributed by atoms with van der Waals surface area (Å²) < 4.78 is 32.0. The van der Waals surface area contributed by atoms with Crippen LogP contribution < -0.4 is 4.72 Å². The third-order valence-corrected chi connectivity index (χ3v) is 5.55. The van der Waals surface area contributed by atoms with Crippen LogP contribution in [0.5, 0.6) is 0 Å². The molecule has 9 nitrogen and oxygen atoms in total.